The molecule has 5 heteroatoms. The Labute approximate surface area is 114 Å². The van der Waals surface area contributed by atoms with Gasteiger partial charge in [0.15, 0.2) is 0 Å². The van der Waals surface area contributed by atoms with Crippen molar-refractivity contribution in [2.24, 2.45) is 5.92 Å². The van der Waals surface area contributed by atoms with E-state index in [0.717, 1.165) is 43.1 Å². The van der Waals surface area contributed by atoms with Crippen molar-refractivity contribution in [1.29, 1.82) is 0 Å². The molecule has 1 aliphatic rings. The summed E-state index contributed by atoms with van der Waals surface area (Å²) < 4.78 is 4.84. The van der Waals surface area contributed by atoms with E-state index >= 15 is 0 Å². The third kappa shape index (κ3) is 3.22. The van der Waals surface area contributed by atoms with Crippen LogP contribution in [0.15, 0.2) is 6.07 Å². The molecular weight excluding hydrogens is 242 g/mol. The number of piperidine rings is 1. The number of nitrogens with zero attached hydrogens (tertiary/aromatic N) is 3. The molecule has 5 nitrogen and oxygen atoms in total. The van der Waals surface area contributed by atoms with Crippen LogP contribution in [0.3, 0.4) is 0 Å². The Morgan fingerprint density at radius 3 is 3.00 bits per heavy atom. The van der Waals surface area contributed by atoms with Gasteiger partial charge in [0.05, 0.1) is 13.0 Å². The average Bonchev–Trinajstić information content (AvgIpc) is 2.45. The Morgan fingerprint density at radius 1 is 1.53 bits per heavy atom. The van der Waals surface area contributed by atoms with Crippen LogP contribution in [0.4, 0.5) is 5.82 Å². The van der Waals surface area contributed by atoms with Gasteiger partial charge in [0.1, 0.15) is 11.6 Å². The molecule has 2 rings (SSSR count). The molecule has 0 N–H and O–H groups in total. The Hall–Kier alpha value is -1.65. The lowest BCUT2D eigenvalue weighted by Gasteiger charge is -2.32. The number of carbonyl (C=O) groups excluding carboxylic acids is 1. The predicted octanol–water partition coefficient (Wildman–Crippen LogP) is 1.74. The van der Waals surface area contributed by atoms with Gasteiger partial charge >= 0.3 is 5.97 Å². The van der Waals surface area contributed by atoms with Crippen LogP contribution in [-0.4, -0.2) is 36.1 Å². The van der Waals surface area contributed by atoms with E-state index < -0.39 is 0 Å². The first kappa shape index (κ1) is 13.8. The number of anilines is 1. The van der Waals surface area contributed by atoms with Gasteiger partial charge in [0.25, 0.3) is 0 Å². The van der Waals surface area contributed by atoms with Crippen molar-refractivity contribution in [3.8, 4) is 0 Å². The molecule has 1 aromatic heterocycles. The first-order valence-electron chi connectivity index (χ1n) is 6.81. The molecule has 2 heterocycles. The zero-order valence-electron chi connectivity index (χ0n) is 11.8. The third-order valence-corrected chi connectivity index (χ3v) is 3.52. The van der Waals surface area contributed by atoms with Gasteiger partial charge in [-0.1, -0.05) is 6.92 Å². The molecule has 0 saturated carbocycles. The second kappa shape index (κ2) is 5.99. The van der Waals surface area contributed by atoms with Gasteiger partial charge in [-0.2, -0.15) is 0 Å². The standard InChI is InChI=1S/C14H21N3O2/c1-4-12-8-13(16-10(2)15-12)17-7-5-6-11(9-17)14(18)19-3/h8,11H,4-7,9H2,1-3H3/t11-/m0/s1. The Balaban J connectivity index is 2.17. The fourth-order valence-corrected chi connectivity index (χ4v) is 2.50. The summed E-state index contributed by atoms with van der Waals surface area (Å²) in [5.41, 5.74) is 1.04. The molecule has 0 aromatic carbocycles. The average molecular weight is 263 g/mol. The Kier molecular flexibility index (Phi) is 4.35. The SMILES string of the molecule is CCc1cc(N2CCC[C@H](C(=O)OC)C2)nc(C)n1. The number of esters is 1. The minimum atomic E-state index is -0.119. The number of hydrogen-bond acceptors (Lipinski definition) is 5. The van der Waals surface area contributed by atoms with Crippen LogP contribution >= 0.6 is 0 Å². The van der Waals surface area contributed by atoms with Crippen molar-refractivity contribution < 1.29 is 9.53 Å². The van der Waals surface area contributed by atoms with E-state index in [0.29, 0.717) is 6.54 Å². The fraction of sp³-hybridized carbons (Fsp3) is 0.643. The zero-order chi connectivity index (χ0) is 13.8. The topological polar surface area (TPSA) is 55.3 Å². The molecule has 0 radical (unpaired) electrons. The Morgan fingerprint density at radius 2 is 2.32 bits per heavy atom. The highest BCUT2D eigenvalue weighted by atomic mass is 16.5. The number of ether oxygens (including phenoxy) is 1. The van der Waals surface area contributed by atoms with Gasteiger partial charge in [0.2, 0.25) is 0 Å². The molecule has 0 spiro atoms. The first-order chi connectivity index (χ1) is 9.13. The molecule has 1 atom stereocenters. The monoisotopic (exact) mass is 263 g/mol. The second-order valence-corrected chi connectivity index (χ2v) is 4.93. The normalized spacial score (nSPS) is 19.3. The number of rotatable bonds is 3. The smallest absolute Gasteiger partial charge is 0.310 e. The molecule has 0 amide bonds. The number of carbonyl (C=O) groups is 1. The number of methoxy groups -OCH3 is 1. The van der Waals surface area contributed by atoms with Crippen LogP contribution in [0, 0.1) is 12.8 Å². The lowest BCUT2D eigenvalue weighted by Crippen LogP contribution is -2.39. The maximum Gasteiger partial charge on any atom is 0.310 e. The molecule has 1 fully saturated rings. The molecule has 1 saturated heterocycles. The van der Waals surface area contributed by atoms with E-state index in [1.165, 1.54) is 7.11 Å². The van der Waals surface area contributed by atoms with Crippen LogP contribution in [0.1, 0.15) is 31.3 Å². The fourth-order valence-electron chi connectivity index (χ4n) is 2.50. The number of aromatic nitrogens is 2. The van der Waals surface area contributed by atoms with Crippen LogP contribution in [0.25, 0.3) is 0 Å². The van der Waals surface area contributed by atoms with Crippen molar-refractivity contribution in [2.45, 2.75) is 33.1 Å². The summed E-state index contributed by atoms with van der Waals surface area (Å²) in [6.07, 6.45) is 2.78. The van der Waals surface area contributed by atoms with Crippen molar-refractivity contribution in [3.63, 3.8) is 0 Å². The molecule has 1 aromatic rings. The summed E-state index contributed by atoms with van der Waals surface area (Å²) in [6, 6.07) is 2.02. The second-order valence-electron chi connectivity index (χ2n) is 4.93. The maximum atomic E-state index is 11.7. The van der Waals surface area contributed by atoms with Crippen LogP contribution in [0.5, 0.6) is 0 Å². The molecule has 1 aliphatic heterocycles. The van der Waals surface area contributed by atoms with E-state index in [1.54, 1.807) is 0 Å². The molecule has 19 heavy (non-hydrogen) atoms. The zero-order valence-corrected chi connectivity index (χ0v) is 11.8. The van der Waals surface area contributed by atoms with E-state index in [9.17, 15) is 4.79 Å². The molecular formula is C14H21N3O2. The molecule has 0 unspecified atom stereocenters. The van der Waals surface area contributed by atoms with E-state index in [2.05, 4.69) is 21.8 Å². The van der Waals surface area contributed by atoms with Crippen LogP contribution < -0.4 is 4.90 Å². The highest BCUT2D eigenvalue weighted by molar-refractivity contribution is 5.73. The predicted molar refractivity (Wildman–Crippen MR) is 73.1 cm³/mol. The van der Waals surface area contributed by atoms with Gasteiger partial charge in [-0.3, -0.25) is 4.79 Å². The highest BCUT2D eigenvalue weighted by Crippen LogP contribution is 2.23. The minimum Gasteiger partial charge on any atom is -0.469 e. The van der Waals surface area contributed by atoms with Gasteiger partial charge in [-0.25, -0.2) is 9.97 Å². The van der Waals surface area contributed by atoms with E-state index in [4.69, 9.17) is 4.74 Å². The van der Waals surface area contributed by atoms with Crippen molar-refractivity contribution in [2.75, 3.05) is 25.1 Å². The van der Waals surface area contributed by atoms with Gasteiger partial charge < -0.3 is 9.64 Å². The summed E-state index contributed by atoms with van der Waals surface area (Å²) in [7, 11) is 1.45. The summed E-state index contributed by atoms with van der Waals surface area (Å²) in [5.74, 6) is 1.55. The summed E-state index contributed by atoms with van der Waals surface area (Å²) in [5, 5.41) is 0. The quantitative estimate of drug-likeness (QED) is 0.777. The van der Waals surface area contributed by atoms with Crippen LogP contribution in [-0.2, 0) is 16.0 Å². The summed E-state index contributed by atoms with van der Waals surface area (Å²) >= 11 is 0. The third-order valence-electron chi connectivity index (χ3n) is 3.52. The van der Waals surface area contributed by atoms with Gasteiger partial charge in [-0.15, -0.1) is 0 Å². The van der Waals surface area contributed by atoms with Crippen LogP contribution in [0.2, 0.25) is 0 Å². The van der Waals surface area contributed by atoms with Crippen molar-refractivity contribution >= 4 is 11.8 Å². The van der Waals surface area contributed by atoms with Crippen molar-refractivity contribution in [3.05, 3.63) is 17.6 Å². The summed E-state index contributed by atoms with van der Waals surface area (Å²) in [4.78, 5) is 22.7. The lowest BCUT2D eigenvalue weighted by atomic mass is 9.98. The minimum absolute atomic E-state index is 0.0425. The highest BCUT2D eigenvalue weighted by Gasteiger charge is 2.27. The molecule has 104 valence electrons. The van der Waals surface area contributed by atoms with Crippen molar-refractivity contribution in [1.82, 2.24) is 9.97 Å². The first-order valence-corrected chi connectivity index (χ1v) is 6.81. The lowest BCUT2D eigenvalue weighted by molar-refractivity contribution is -0.145. The van der Waals surface area contributed by atoms with E-state index in [1.807, 2.05) is 13.0 Å². The number of aryl methyl sites for hydroxylation is 2. The van der Waals surface area contributed by atoms with Gasteiger partial charge in [0, 0.05) is 24.8 Å². The summed E-state index contributed by atoms with van der Waals surface area (Å²) in [6.45, 7) is 5.61. The largest absolute Gasteiger partial charge is 0.469 e. The van der Waals surface area contributed by atoms with Gasteiger partial charge in [-0.05, 0) is 26.2 Å². The van der Waals surface area contributed by atoms with E-state index in [-0.39, 0.29) is 11.9 Å². The molecule has 0 bridgehead atoms. The Bertz CT molecular complexity index is 462. The maximum absolute atomic E-state index is 11.7. The molecule has 0 aliphatic carbocycles. The number of hydrogen-bond donors (Lipinski definition) is 0.